The number of nitrogens with zero attached hydrogens (tertiary/aromatic N) is 3. The molecule has 1 aromatic rings. The van der Waals surface area contributed by atoms with Crippen molar-refractivity contribution in [2.24, 2.45) is 0 Å². The Kier molecular flexibility index (Phi) is 3.13. The van der Waals surface area contributed by atoms with Crippen molar-refractivity contribution in [2.45, 2.75) is 19.6 Å². The summed E-state index contributed by atoms with van der Waals surface area (Å²) >= 11 is 0. The Hall–Kier alpha value is -1.20. The van der Waals surface area contributed by atoms with Crippen LogP contribution in [0.25, 0.3) is 0 Å². The molecule has 0 amide bonds. The lowest BCUT2D eigenvalue weighted by Crippen LogP contribution is -2.44. The van der Waals surface area contributed by atoms with Gasteiger partial charge in [0.25, 0.3) is 0 Å². The first kappa shape index (κ1) is 10.3. The van der Waals surface area contributed by atoms with Gasteiger partial charge in [0.05, 0.1) is 31.6 Å². The zero-order valence-electron chi connectivity index (χ0n) is 8.76. The zero-order valence-corrected chi connectivity index (χ0v) is 8.76. The molecule has 2 heterocycles. The summed E-state index contributed by atoms with van der Waals surface area (Å²) in [6, 6.07) is 2.00. The van der Waals surface area contributed by atoms with Gasteiger partial charge in [0.2, 0.25) is 5.95 Å². The Morgan fingerprint density at radius 1 is 1.67 bits per heavy atom. The summed E-state index contributed by atoms with van der Waals surface area (Å²) in [5.41, 5.74) is 0.652. The summed E-state index contributed by atoms with van der Waals surface area (Å²) in [5.74, 6) is 0.678. The number of aromatic nitrogens is 2. The maximum atomic E-state index is 8.99. The fourth-order valence-corrected chi connectivity index (χ4v) is 1.64. The minimum atomic E-state index is -0.0474. The molecule has 1 fully saturated rings. The molecule has 1 aliphatic heterocycles. The van der Waals surface area contributed by atoms with Crippen molar-refractivity contribution in [3.63, 3.8) is 0 Å². The van der Waals surface area contributed by atoms with Crippen LogP contribution in [0, 0.1) is 0 Å². The van der Waals surface area contributed by atoms with Gasteiger partial charge < -0.3 is 14.7 Å². The number of rotatable bonds is 2. The number of aliphatic hydroxyl groups is 1. The Labute approximate surface area is 88.7 Å². The number of hydrogen-bond acceptors (Lipinski definition) is 5. The molecule has 82 valence electrons. The lowest BCUT2D eigenvalue weighted by Gasteiger charge is -2.33. The van der Waals surface area contributed by atoms with Gasteiger partial charge >= 0.3 is 0 Å². The molecule has 0 aromatic carbocycles. The summed E-state index contributed by atoms with van der Waals surface area (Å²) in [4.78, 5) is 10.6. The summed E-state index contributed by atoms with van der Waals surface area (Å²) < 4.78 is 5.34. The van der Waals surface area contributed by atoms with E-state index in [4.69, 9.17) is 9.84 Å². The Morgan fingerprint density at radius 3 is 3.27 bits per heavy atom. The molecular weight excluding hydrogens is 194 g/mol. The van der Waals surface area contributed by atoms with Gasteiger partial charge in [0.1, 0.15) is 0 Å². The minimum Gasteiger partial charge on any atom is -0.390 e. The Balaban J connectivity index is 2.19. The van der Waals surface area contributed by atoms with Crippen molar-refractivity contribution in [3.05, 3.63) is 18.0 Å². The van der Waals surface area contributed by atoms with Gasteiger partial charge in [-0.25, -0.2) is 9.97 Å². The van der Waals surface area contributed by atoms with Gasteiger partial charge in [0.15, 0.2) is 0 Å². The van der Waals surface area contributed by atoms with E-state index in [0.29, 0.717) is 24.9 Å². The van der Waals surface area contributed by atoms with Crippen LogP contribution in [0.3, 0.4) is 0 Å². The van der Waals surface area contributed by atoms with Crippen LogP contribution in [0.2, 0.25) is 0 Å². The quantitative estimate of drug-likeness (QED) is 0.753. The molecule has 1 atom stereocenters. The molecule has 0 unspecified atom stereocenters. The fraction of sp³-hybridized carbons (Fsp3) is 0.600. The molecule has 5 nitrogen and oxygen atoms in total. The highest BCUT2D eigenvalue weighted by Gasteiger charge is 2.21. The van der Waals surface area contributed by atoms with Crippen molar-refractivity contribution in [1.29, 1.82) is 0 Å². The number of morpholine rings is 1. The van der Waals surface area contributed by atoms with E-state index in [2.05, 4.69) is 21.8 Å². The highest BCUT2D eigenvalue weighted by molar-refractivity contribution is 5.32. The van der Waals surface area contributed by atoms with Crippen LogP contribution in [-0.2, 0) is 11.3 Å². The van der Waals surface area contributed by atoms with Crippen LogP contribution in [0.5, 0.6) is 0 Å². The SMILES string of the molecule is C[C@@H]1COCCN1c1nccc(CO)n1. The molecule has 0 saturated carbocycles. The van der Waals surface area contributed by atoms with E-state index in [1.807, 2.05) is 0 Å². The first-order chi connectivity index (χ1) is 7.31. The molecule has 0 spiro atoms. The molecule has 1 aliphatic rings. The second-order valence-corrected chi connectivity index (χ2v) is 3.62. The molecule has 1 aromatic heterocycles. The molecule has 1 N–H and O–H groups in total. The van der Waals surface area contributed by atoms with E-state index in [-0.39, 0.29) is 12.6 Å². The first-order valence-corrected chi connectivity index (χ1v) is 5.08. The number of aliphatic hydroxyl groups excluding tert-OH is 1. The third kappa shape index (κ3) is 2.24. The molecule has 0 aliphatic carbocycles. The van der Waals surface area contributed by atoms with Crippen LogP contribution >= 0.6 is 0 Å². The second-order valence-electron chi connectivity index (χ2n) is 3.62. The van der Waals surface area contributed by atoms with E-state index in [9.17, 15) is 0 Å². The highest BCUT2D eigenvalue weighted by atomic mass is 16.5. The largest absolute Gasteiger partial charge is 0.390 e. The van der Waals surface area contributed by atoms with E-state index < -0.39 is 0 Å². The van der Waals surface area contributed by atoms with Gasteiger partial charge in [-0.15, -0.1) is 0 Å². The Morgan fingerprint density at radius 2 is 2.53 bits per heavy atom. The maximum Gasteiger partial charge on any atom is 0.225 e. The average Bonchev–Trinajstić information content (AvgIpc) is 2.30. The van der Waals surface area contributed by atoms with Gasteiger partial charge in [-0.2, -0.15) is 0 Å². The molecule has 1 saturated heterocycles. The van der Waals surface area contributed by atoms with Crippen LogP contribution in [0.15, 0.2) is 12.3 Å². The first-order valence-electron chi connectivity index (χ1n) is 5.08. The standard InChI is InChI=1S/C10H15N3O2/c1-8-7-15-5-4-13(8)10-11-3-2-9(6-14)12-10/h2-3,8,14H,4-7H2,1H3/t8-/m1/s1. The predicted molar refractivity (Wildman–Crippen MR) is 55.6 cm³/mol. The summed E-state index contributed by atoms with van der Waals surface area (Å²) in [7, 11) is 0. The topological polar surface area (TPSA) is 58.5 Å². The minimum absolute atomic E-state index is 0.0474. The van der Waals surface area contributed by atoms with Crippen molar-refractivity contribution in [1.82, 2.24) is 9.97 Å². The normalized spacial score (nSPS) is 21.7. The molecule has 15 heavy (non-hydrogen) atoms. The average molecular weight is 209 g/mol. The second kappa shape index (κ2) is 4.55. The Bertz CT molecular complexity index is 332. The lowest BCUT2D eigenvalue weighted by atomic mass is 10.3. The van der Waals surface area contributed by atoms with Crippen molar-refractivity contribution in [3.8, 4) is 0 Å². The van der Waals surface area contributed by atoms with Gasteiger partial charge in [-0.3, -0.25) is 0 Å². The summed E-state index contributed by atoms with van der Waals surface area (Å²) in [6.07, 6.45) is 1.68. The number of hydrogen-bond donors (Lipinski definition) is 1. The van der Waals surface area contributed by atoms with E-state index >= 15 is 0 Å². The zero-order chi connectivity index (χ0) is 10.7. The van der Waals surface area contributed by atoms with Crippen LogP contribution in [0.4, 0.5) is 5.95 Å². The fourth-order valence-electron chi connectivity index (χ4n) is 1.64. The van der Waals surface area contributed by atoms with E-state index in [1.165, 1.54) is 0 Å². The lowest BCUT2D eigenvalue weighted by molar-refractivity contribution is 0.0980. The number of ether oxygens (including phenoxy) is 1. The van der Waals surface area contributed by atoms with Crippen molar-refractivity contribution in [2.75, 3.05) is 24.7 Å². The van der Waals surface area contributed by atoms with Crippen LogP contribution in [-0.4, -0.2) is 40.9 Å². The van der Waals surface area contributed by atoms with Crippen LogP contribution < -0.4 is 4.90 Å². The number of anilines is 1. The monoisotopic (exact) mass is 209 g/mol. The van der Waals surface area contributed by atoms with Gasteiger partial charge in [-0.05, 0) is 13.0 Å². The molecule has 0 bridgehead atoms. The molecule has 0 radical (unpaired) electrons. The highest BCUT2D eigenvalue weighted by Crippen LogP contribution is 2.14. The van der Waals surface area contributed by atoms with E-state index in [0.717, 1.165) is 6.54 Å². The smallest absolute Gasteiger partial charge is 0.225 e. The van der Waals surface area contributed by atoms with Gasteiger partial charge in [-0.1, -0.05) is 0 Å². The van der Waals surface area contributed by atoms with Crippen molar-refractivity contribution < 1.29 is 9.84 Å². The van der Waals surface area contributed by atoms with E-state index in [1.54, 1.807) is 12.3 Å². The molecular formula is C10H15N3O2. The summed E-state index contributed by atoms with van der Waals surface area (Å²) in [5, 5.41) is 8.99. The van der Waals surface area contributed by atoms with Crippen LogP contribution in [0.1, 0.15) is 12.6 Å². The van der Waals surface area contributed by atoms with Crippen molar-refractivity contribution >= 4 is 5.95 Å². The third-order valence-corrected chi connectivity index (χ3v) is 2.49. The third-order valence-electron chi connectivity index (χ3n) is 2.49. The molecule has 2 rings (SSSR count). The predicted octanol–water partition coefficient (Wildman–Crippen LogP) is 0.194. The van der Waals surface area contributed by atoms with Gasteiger partial charge in [0, 0.05) is 12.7 Å². The maximum absolute atomic E-state index is 8.99. The summed E-state index contributed by atoms with van der Waals surface area (Å²) in [6.45, 7) is 4.24. The molecule has 5 heteroatoms.